The molecule has 1 atom stereocenters. The largest absolute Gasteiger partial charge is 0.327 e. The Bertz CT molecular complexity index is 120. The SMILES string of the molecule is CN1CCC(N)C(C)(C)C1. The quantitative estimate of drug-likeness (QED) is 0.539. The smallest absolute Gasteiger partial charge is 0.0115 e. The van der Waals surface area contributed by atoms with Crippen LogP contribution < -0.4 is 5.73 Å². The molecule has 2 heteroatoms. The first-order valence-corrected chi connectivity index (χ1v) is 3.96. The molecule has 2 nitrogen and oxygen atoms in total. The fourth-order valence-corrected chi connectivity index (χ4v) is 1.64. The van der Waals surface area contributed by atoms with Crippen molar-refractivity contribution in [1.82, 2.24) is 4.90 Å². The topological polar surface area (TPSA) is 29.3 Å². The van der Waals surface area contributed by atoms with Crippen LogP contribution in [-0.2, 0) is 0 Å². The molecule has 0 aromatic heterocycles. The summed E-state index contributed by atoms with van der Waals surface area (Å²) in [5, 5.41) is 0. The third kappa shape index (κ3) is 1.50. The Labute approximate surface area is 63.4 Å². The number of nitrogens with zero attached hydrogens (tertiary/aromatic N) is 1. The van der Waals surface area contributed by atoms with E-state index in [1.165, 1.54) is 0 Å². The van der Waals surface area contributed by atoms with Gasteiger partial charge < -0.3 is 10.6 Å². The standard InChI is InChI=1S/C8H18N2/c1-8(2)6-10(3)5-4-7(8)9/h7H,4-6,9H2,1-3H3. The van der Waals surface area contributed by atoms with Crippen molar-refractivity contribution in [2.75, 3.05) is 20.1 Å². The Morgan fingerprint density at radius 1 is 1.50 bits per heavy atom. The van der Waals surface area contributed by atoms with Crippen molar-refractivity contribution in [3.05, 3.63) is 0 Å². The minimum Gasteiger partial charge on any atom is -0.327 e. The van der Waals surface area contributed by atoms with Crippen LogP contribution in [0.4, 0.5) is 0 Å². The van der Waals surface area contributed by atoms with Crippen LogP contribution in [0, 0.1) is 5.41 Å². The van der Waals surface area contributed by atoms with E-state index in [0.717, 1.165) is 19.5 Å². The highest BCUT2D eigenvalue weighted by Crippen LogP contribution is 2.26. The van der Waals surface area contributed by atoms with Crippen LogP contribution in [0.5, 0.6) is 0 Å². The van der Waals surface area contributed by atoms with Crippen molar-refractivity contribution in [2.24, 2.45) is 11.1 Å². The number of nitrogens with two attached hydrogens (primary N) is 1. The van der Waals surface area contributed by atoms with Crippen LogP contribution in [-0.4, -0.2) is 31.1 Å². The van der Waals surface area contributed by atoms with Crippen molar-refractivity contribution in [1.29, 1.82) is 0 Å². The summed E-state index contributed by atoms with van der Waals surface area (Å²) in [6.07, 6.45) is 1.14. The van der Waals surface area contributed by atoms with E-state index in [1.807, 2.05) is 0 Å². The first kappa shape index (κ1) is 8.02. The van der Waals surface area contributed by atoms with Gasteiger partial charge in [0.05, 0.1) is 0 Å². The van der Waals surface area contributed by atoms with Gasteiger partial charge in [-0.25, -0.2) is 0 Å². The maximum absolute atomic E-state index is 5.95. The molecule has 1 fully saturated rings. The molecular formula is C8H18N2. The van der Waals surface area contributed by atoms with E-state index >= 15 is 0 Å². The number of piperidine rings is 1. The molecule has 10 heavy (non-hydrogen) atoms. The van der Waals surface area contributed by atoms with Gasteiger partial charge in [0, 0.05) is 12.6 Å². The number of rotatable bonds is 0. The fourth-order valence-electron chi connectivity index (χ4n) is 1.64. The van der Waals surface area contributed by atoms with Crippen molar-refractivity contribution in [2.45, 2.75) is 26.3 Å². The Morgan fingerprint density at radius 2 is 2.10 bits per heavy atom. The van der Waals surface area contributed by atoms with Gasteiger partial charge in [0.1, 0.15) is 0 Å². The van der Waals surface area contributed by atoms with Gasteiger partial charge in [0.2, 0.25) is 0 Å². The molecule has 1 aliphatic heterocycles. The monoisotopic (exact) mass is 142 g/mol. The second-order valence-corrected chi connectivity index (χ2v) is 4.12. The lowest BCUT2D eigenvalue weighted by Crippen LogP contribution is -2.51. The lowest BCUT2D eigenvalue weighted by atomic mass is 9.80. The minimum atomic E-state index is 0.312. The van der Waals surface area contributed by atoms with E-state index < -0.39 is 0 Å². The summed E-state index contributed by atoms with van der Waals surface area (Å²) in [7, 11) is 2.16. The van der Waals surface area contributed by atoms with E-state index in [4.69, 9.17) is 5.73 Å². The predicted octanol–water partition coefficient (Wildman–Crippen LogP) is 0.675. The van der Waals surface area contributed by atoms with Crippen molar-refractivity contribution >= 4 is 0 Å². The molecule has 0 bridgehead atoms. The summed E-state index contributed by atoms with van der Waals surface area (Å²) in [5.41, 5.74) is 6.26. The summed E-state index contributed by atoms with van der Waals surface area (Å²) < 4.78 is 0. The number of hydrogen-bond donors (Lipinski definition) is 1. The van der Waals surface area contributed by atoms with Gasteiger partial charge in [-0.2, -0.15) is 0 Å². The van der Waals surface area contributed by atoms with Crippen LogP contribution in [0.2, 0.25) is 0 Å². The Hall–Kier alpha value is -0.0800. The molecular weight excluding hydrogens is 124 g/mol. The normalized spacial score (nSPS) is 34.2. The Morgan fingerprint density at radius 3 is 2.50 bits per heavy atom. The molecule has 0 spiro atoms. The highest BCUT2D eigenvalue weighted by Gasteiger charge is 2.31. The Balaban J connectivity index is 2.55. The predicted molar refractivity (Wildman–Crippen MR) is 43.9 cm³/mol. The zero-order valence-corrected chi connectivity index (χ0v) is 7.22. The summed E-state index contributed by atoms with van der Waals surface area (Å²) in [4.78, 5) is 2.35. The summed E-state index contributed by atoms with van der Waals surface area (Å²) in [6.45, 7) is 6.78. The summed E-state index contributed by atoms with van der Waals surface area (Å²) >= 11 is 0. The van der Waals surface area contributed by atoms with E-state index in [9.17, 15) is 0 Å². The molecule has 60 valence electrons. The summed E-state index contributed by atoms with van der Waals surface area (Å²) in [6, 6.07) is 0.392. The average molecular weight is 142 g/mol. The second-order valence-electron chi connectivity index (χ2n) is 4.12. The fraction of sp³-hybridized carbons (Fsp3) is 1.00. The van der Waals surface area contributed by atoms with Crippen LogP contribution in [0.3, 0.4) is 0 Å². The highest BCUT2D eigenvalue weighted by atomic mass is 15.1. The highest BCUT2D eigenvalue weighted by molar-refractivity contribution is 4.88. The minimum absolute atomic E-state index is 0.312. The molecule has 1 aliphatic rings. The van der Waals surface area contributed by atoms with Crippen LogP contribution in [0.25, 0.3) is 0 Å². The van der Waals surface area contributed by atoms with E-state index in [2.05, 4.69) is 25.8 Å². The maximum atomic E-state index is 5.95. The number of hydrogen-bond acceptors (Lipinski definition) is 2. The molecule has 2 N–H and O–H groups in total. The van der Waals surface area contributed by atoms with E-state index in [1.54, 1.807) is 0 Å². The van der Waals surface area contributed by atoms with Gasteiger partial charge in [-0.1, -0.05) is 13.8 Å². The third-order valence-corrected chi connectivity index (χ3v) is 2.50. The van der Waals surface area contributed by atoms with Gasteiger partial charge in [-0.15, -0.1) is 0 Å². The van der Waals surface area contributed by atoms with Gasteiger partial charge in [0.25, 0.3) is 0 Å². The first-order chi connectivity index (χ1) is 4.52. The van der Waals surface area contributed by atoms with Crippen molar-refractivity contribution in [3.63, 3.8) is 0 Å². The molecule has 0 aromatic carbocycles. The molecule has 0 aromatic rings. The van der Waals surface area contributed by atoms with Gasteiger partial charge in [0.15, 0.2) is 0 Å². The Kier molecular flexibility index (Phi) is 2.02. The van der Waals surface area contributed by atoms with Crippen molar-refractivity contribution in [3.8, 4) is 0 Å². The molecule has 1 heterocycles. The van der Waals surface area contributed by atoms with Crippen LogP contribution >= 0.6 is 0 Å². The third-order valence-electron chi connectivity index (χ3n) is 2.50. The first-order valence-electron chi connectivity index (χ1n) is 3.96. The zero-order chi connectivity index (χ0) is 7.78. The van der Waals surface area contributed by atoms with Crippen molar-refractivity contribution < 1.29 is 0 Å². The van der Waals surface area contributed by atoms with Crippen LogP contribution in [0.1, 0.15) is 20.3 Å². The second kappa shape index (κ2) is 2.51. The maximum Gasteiger partial charge on any atom is 0.0115 e. The van der Waals surface area contributed by atoms with E-state index in [0.29, 0.717) is 11.5 Å². The van der Waals surface area contributed by atoms with Gasteiger partial charge in [-0.3, -0.25) is 0 Å². The molecule has 1 saturated heterocycles. The zero-order valence-electron chi connectivity index (χ0n) is 7.22. The number of likely N-dealkylation sites (tertiary alicyclic amines) is 1. The lowest BCUT2D eigenvalue weighted by molar-refractivity contribution is 0.117. The van der Waals surface area contributed by atoms with Gasteiger partial charge >= 0.3 is 0 Å². The molecule has 0 amide bonds. The summed E-state index contributed by atoms with van der Waals surface area (Å²) in [5.74, 6) is 0. The van der Waals surface area contributed by atoms with Crippen LogP contribution in [0.15, 0.2) is 0 Å². The molecule has 0 aliphatic carbocycles. The average Bonchev–Trinajstić information content (AvgIpc) is 1.78. The molecule has 1 unspecified atom stereocenters. The molecule has 0 saturated carbocycles. The molecule has 0 radical (unpaired) electrons. The lowest BCUT2D eigenvalue weighted by Gasteiger charge is -2.40. The molecule has 1 rings (SSSR count). The van der Waals surface area contributed by atoms with E-state index in [-0.39, 0.29) is 0 Å². The van der Waals surface area contributed by atoms with Gasteiger partial charge in [-0.05, 0) is 25.4 Å².